The van der Waals surface area contributed by atoms with Crippen LogP contribution in [0.2, 0.25) is 0 Å². The van der Waals surface area contributed by atoms with Crippen molar-refractivity contribution in [2.24, 2.45) is 34.5 Å². The number of carbonyl (C=O) groups excluding carboxylic acids is 1. The summed E-state index contributed by atoms with van der Waals surface area (Å²) in [6.45, 7) is 6.93. The Balaban J connectivity index is 1.78. The molecule has 4 heteroatoms. The van der Waals surface area contributed by atoms with Crippen LogP contribution in [-0.4, -0.2) is 22.4 Å². The second-order valence-electron chi connectivity index (χ2n) is 9.76. The molecule has 0 aromatic rings. The molecular weight excluding hydrogens is 367 g/mol. The molecule has 0 spiro atoms. The van der Waals surface area contributed by atoms with Crippen molar-refractivity contribution in [1.29, 1.82) is 0 Å². The van der Waals surface area contributed by atoms with E-state index in [1.165, 1.54) is 5.57 Å². The van der Waals surface area contributed by atoms with E-state index >= 15 is 0 Å². The molecule has 2 fully saturated rings. The summed E-state index contributed by atoms with van der Waals surface area (Å²) in [5, 5.41) is 12.0. The normalized spacial score (nSPS) is 50.9. The summed E-state index contributed by atoms with van der Waals surface area (Å²) in [6.07, 6.45) is 9.58. The van der Waals surface area contributed by atoms with E-state index in [9.17, 15) is 9.90 Å². The zero-order valence-corrected chi connectivity index (χ0v) is 17.5. The Morgan fingerprint density at radius 1 is 1.27 bits per heavy atom. The molecule has 144 valence electrons. The molecule has 4 aliphatic rings. The maximum atomic E-state index is 12.0. The molecule has 0 aromatic heterocycles. The Labute approximate surface area is 167 Å². The third-order valence-corrected chi connectivity index (χ3v) is 9.64. The lowest BCUT2D eigenvalue weighted by molar-refractivity contribution is -0.153. The second kappa shape index (κ2) is 6.09. The number of aliphatic hydroxyl groups is 1. The van der Waals surface area contributed by atoms with E-state index in [1.807, 2.05) is 12.2 Å². The predicted molar refractivity (Wildman–Crippen MR) is 106 cm³/mol. The van der Waals surface area contributed by atoms with Crippen LogP contribution in [0.15, 0.2) is 22.8 Å². The lowest BCUT2D eigenvalue weighted by Crippen LogP contribution is -2.62. The summed E-state index contributed by atoms with van der Waals surface area (Å²) in [5.41, 5.74) is 0.112. The summed E-state index contributed by atoms with van der Waals surface area (Å²) >= 11 is 12.7. The van der Waals surface area contributed by atoms with Crippen molar-refractivity contribution in [1.82, 2.24) is 0 Å². The minimum absolute atomic E-state index is 0.135. The highest BCUT2D eigenvalue weighted by atomic mass is 35.5. The van der Waals surface area contributed by atoms with Crippen molar-refractivity contribution in [3.05, 3.63) is 22.8 Å². The SMILES string of the molecule is C[C@@H]1CC2=CC(=O)CC[C@]2(C)[C@H]2CC[C@@]3(C)[C@@H](CC=C(Cl)C3(O)CCl)[C@H]12. The zero-order chi connectivity index (χ0) is 18.9. The lowest BCUT2D eigenvalue weighted by Gasteiger charge is -2.64. The smallest absolute Gasteiger partial charge is 0.155 e. The van der Waals surface area contributed by atoms with Crippen LogP contribution in [0.25, 0.3) is 0 Å². The molecule has 7 atom stereocenters. The van der Waals surface area contributed by atoms with Crippen LogP contribution in [0.1, 0.15) is 59.3 Å². The predicted octanol–water partition coefficient (Wildman–Crippen LogP) is 5.47. The van der Waals surface area contributed by atoms with Crippen LogP contribution < -0.4 is 0 Å². The highest BCUT2D eigenvalue weighted by Crippen LogP contribution is 2.67. The monoisotopic (exact) mass is 396 g/mol. The Morgan fingerprint density at radius 3 is 2.69 bits per heavy atom. The molecule has 0 bridgehead atoms. The highest BCUT2D eigenvalue weighted by molar-refractivity contribution is 6.32. The van der Waals surface area contributed by atoms with Gasteiger partial charge in [0.2, 0.25) is 0 Å². The van der Waals surface area contributed by atoms with Gasteiger partial charge >= 0.3 is 0 Å². The third-order valence-electron chi connectivity index (χ3n) is 8.78. The lowest BCUT2D eigenvalue weighted by atomic mass is 9.41. The van der Waals surface area contributed by atoms with E-state index in [2.05, 4.69) is 20.8 Å². The van der Waals surface area contributed by atoms with Crippen LogP contribution in [0, 0.1) is 34.5 Å². The Hall–Kier alpha value is -0.310. The summed E-state index contributed by atoms with van der Waals surface area (Å²) in [7, 11) is 0. The van der Waals surface area contributed by atoms with Gasteiger partial charge in [-0.25, -0.2) is 0 Å². The summed E-state index contributed by atoms with van der Waals surface area (Å²) < 4.78 is 0. The van der Waals surface area contributed by atoms with Crippen LogP contribution in [0.4, 0.5) is 0 Å². The van der Waals surface area contributed by atoms with E-state index < -0.39 is 5.60 Å². The summed E-state index contributed by atoms with van der Waals surface area (Å²) in [6, 6.07) is 0. The molecule has 1 unspecified atom stereocenters. The average Bonchev–Trinajstić information content (AvgIpc) is 2.60. The first-order valence-corrected chi connectivity index (χ1v) is 11.0. The van der Waals surface area contributed by atoms with Gasteiger partial charge in [0, 0.05) is 16.9 Å². The van der Waals surface area contributed by atoms with Crippen LogP contribution >= 0.6 is 23.2 Å². The van der Waals surface area contributed by atoms with Gasteiger partial charge in [-0.15, -0.1) is 11.6 Å². The van der Waals surface area contributed by atoms with Gasteiger partial charge in [0.25, 0.3) is 0 Å². The number of carbonyl (C=O) groups is 1. The van der Waals surface area contributed by atoms with Crippen molar-refractivity contribution in [3.8, 4) is 0 Å². The maximum Gasteiger partial charge on any atom is 0.155 e. The van der Waals surface area contributed by atoms with Gasteiger partial charge in [-0.2, -0.15) is 0 Å². The first-order chi connectivity index (χ1) is 12.2. The molecule has 0 heterocycles. The second-order valence-corrected chi connectivity index (χ2v) is 10.4. The molecule has 26 heavy (non-hydrogen) atoms. The Bertz CT molecular complexity index is 698. The molecule has 0 aromatic carbocycles. The number of allylic oxidation sites excluding steroid dienone is 3. The third kappa shape index (κ3) is 2.31. The van der Waals surface area contributed by atoms with Gasteiger partial charge in [-0.3, -0.25) is 4.79 Å². The minimum atomic E-state index is -1.12. The molecule has 2 saturated carbocycles. The van der Waals surface area contributed by atoms with Gasteiger partial charge in [-0.1, -0.05) is 44.0 Å². The molecule has 2 nitrogen and oxygen atoms in total. The molecule has 0 saturated heterocycles. The van der Waals surface area contributed by atoms with Crippen LogP contribution in [0.3, 0.4) is 0 Å². The number of rotatable bonds is 1. The number of alkyl halides is 1. The molecule has 1 N–H and O–H groups in total. The van der Waals surface area contributed by atoms with E-state index in [1.54, 1.807) is 0 Å². The van der Waals surface area contributed by atoms with Crippen LogP contribution in [-0.2, 0) is 4.79 Å². The largest absolute Gasteiger partial charge is 0.382 e. The number of ketones is 1. The highest BCUT2D eigenvalue weighted by Gasteiger charge is 2.63. The number of fused-ring (bicyclic) bond motifs is 5. The first kappa shape index (κ1) is 19.0. The summed E-state index contributed by atoms with van der Waals surface area (Å²) in [5.74, 6) is 2.47. The number of hydrogen-bond donors (Lipinski definition) is 1. The fraction of sp³-hybridized carbons (Fsp3) is 0.773. The summed E-state index contributed by atoms with van der Waals surface area (Å²) in [4.78, 5) is 12.0. The maximum absolute atomic E-state index is 12.0. The topological polar surface area (TPSA) is 37.3 Å². The first-order valence-electron chi connectivity index (χ1n) is 10.1. The van der Waals surface area contributed by atoms with Crippen LogP contribution in [0.5, 0.6) is 0 Å². The van der Waals surface area contributed by atoms with Gasteiger partial charge in [0.15, 0.2) is 5.78 Å². The molecule has 0 radical (unpaired) electrons. The van der Waals surface area contributed by atoms with Crippen molar-refractivity contribution in [3.63, 3.8) is 0 Å². The van der Waals surface area contributed by atoms with E-state index in [0.29, 0.717) is 40.9 Å². The number of halogens is 2. The fourth-order valence-electron chi connectivity index (χ4n) is 7.07. The Morgan fingerprint density at radius 2 is 2.00 bits per heavy atom. The molecule has 4 rings (SSSR count). The fourth-order valence-corrected chi connectivity index (χ4v) is 7.96. The Kier molecular flexibility index (Phi) is 4.46. The number of hydrogen-bond acceptors (Lipinski definition) is 2. The van der Waals surface area contributed by atoms with Gasteiger partial charge in [0.1, 0.15) is 5.60 Å². The van der Waals surface area contributed by atoms with Gasteiger partial charge in [-0.05, 0) is 67.3 Å². The minimum Gasteiger partial charge on any atom is -0.382 e. The van der Waals surface area contributed by atoms with Crippen molar-refractivity contribution < 1.29 is 9.90 Å². The van der Waals surface area contributed by atoms with Crippen molar-refractivity contribution >= 4 is 29.0 Å². The van der Waals surface area contributed by atoms with Crippen molar-refractivity contribution in [2.75, 3.05) is 5.88 Å². The van der Waals surface area contributed by atoms with Gasteiger partial charge in [0.05, 0.1) is 5.88 Å². The van der Waals surface area contributed by atoms with Crippen molar-refractivity contribution in [2.45, 2.75) is 64.9 Å². The molecular formula is C22H30Cl2O2. The van der Waals surface area contributed by atoms with Gasteiger partial charge < -0.3 is 5.11 Å². The molecule has 0 aliphatic heterocycles. The van der Waals surface area contributed by atoms with E-state index in [4.69, 9.17) is 23.2 Å². The van der Waals surface area contributed by atoms with E-state index in [-0.39, 0.29) is 16.7 Å². The average molecular weight is 397 g/mol. The zero-order valence-electron chi connectivity index (χ0n) is 16.0. The molecule has 4 aliphatic carbocycles. The van der Waals surface area contributed by atoms with E-state index in [0.717, 1.165) is 32.1 Å². The standard InChI is InChI=1S/C22H30Cl2O2/c1-13-10-14-11-15(25)6-8-20(14,2)16-7-9-21(3)17(19(13)16)4-5-18(24)22(21,26)12-23/h5,11,13,16-17,19,26H,4,6-10,12H2,1-3H3/t13-,16+,17+,19-,20+,21+,22?/m1/s1. The quantitative estimate of drug-likeness (QED) is 0.596. The molecule has 0 amide bonds.